The molecular weight excluding hydrogens is 314 g/mol. The van der Waals surface area contributed by atoms with Crippen LogP contribution in [-0.4, -0.2) is 65.5 Å². The monoisotopic (exact) mass is 337 g/mol. The SMILES string of the molecule is NC(=O)c1ccc(OCC(O)CNC2CCN(C(=O)O)CC2)cc1. The molecule has 0 aromatic heterocycles. The fourth-order valence-corrected chi connectivity index (χ4v) is 2.54. The van der Waals surface area contributed by atoms with Gasteiger partial charge in [-0.25, -0.2) is 4.79 Å². The minimum Gasteiger partial charge on any atom is -0.491 e. The van der Waals surface area contributed by atoms with Crippen LogP contribution in [0.3, 0.4) is 0 Å². The quantitative estimate of drug-likeness (QED) is 0.565. The van der Waals surface area contributed by atoms with Crippen LogP contribution in [0, 0.1) is 0 Å². The molecule has 1 aromatic carbocycles. The van der Waals surface area contributed by atoms with Crippen LogP contribution in [0.1, 0.15) is 23.2 Å². The Balaban J connectivity index is 1.65. The number of amides is 2. The lowest BCUT2D eigenvalue weighted by atomic mass is 10.1. The Labute approximate surface area is 140 Å². The molecule has 24 heavy (non-hydrogen) atoms. The standard InChI is InChI=1S/C16H23N3O5/c17-15(21)11-1-3-14(4-2-11)24-10-13(20)9-18-12-5-7-19(8-6-12)16(22)23/h1-4,12-13,18,20H,5-10H2,(H2,17,21)(H,22,23). The van der Waals surface area contributed by atoms with Crippen LogP contribution < -0.4 is 15.8 Å². The largest absolute Gasteiger partial charge is 0.491 e. The summed E-state index contributed by atoms with van der Waals surface area (Å²) in [5.41, 5.74) is 5.56. The molecule has 1 aliphatic heterocycles. The summed E-state index contributed by atoms with van der Waals surface area (Å²) in [7, 11) is 0. The first-order valence-corrected chi connectivity index (χ1v) is 7.87. The molecule has 0 aliphatic carbocycles. The smallest absolute Gasteiger partial charge is 0.407 e. The van der Waals surface area contributed by atoms with Crippen LogP contribution in [0.5, 0.6) is 5.75 Å². The average Bonchev–Trinajstić information content (AvgIpc) is 2.58. The third kappa shape index (κ3) is 5.39. The molecule has 1 aliphatic rings. The van der Waals surface area contributed by atoms with Crippen molar-refractivity contribution >= 4 is 12.0 Å². The highest BCUT2D eigenvalue weighted by atomic mass is 16.5. The molecule has 1 unspecified atom stereocenters. The Morgan fingerprint density at radius 2 is 1.92 bits per heavy atom. The van der Waals surface area contributed by atoms with Crippen LogP contribution in [0.25, 0.3) is 0 Å². The Hall–Kier alpha value is -2.32. The lowest BCUT2D eigenvalue weighted by Gasteiger charge is -2.31. The van der Waals surface area contributed by atoms with Crippen molar-refractivity contribution in [2.24, 2.45) is 5.73 Å². The highest BCUT2D eigenvalue weighted by Gasteiger charge is 2.22. The fourth-order valence-electron chi connectivity index (χ4n) is 2.54. The summed E-state index contributed by atoms with van der Waals surface area (Å²) in [6, 6.07) is 6.59. The molecule has 0 spiro atoms. The van der Waals surface area contributed by atoms with E-state index in [0.29, 0.717) is 30.9 Å². The number of primary amides is 1. The summed E-state index contributed by atoms with van der Waals surface area (Å²) < 4.78 is 5.46. The van der Waals surface area contributed by atoms with E-state index in [1.54, 1.807) is 24.3 Å². The van der Waals surface area contributed by atoms with Crippen molar-refractivity contribution < 1.29 is 24.5 Å². The number of aliphatic hydroxyl groups is 1. The minimum absolute atomic E-state index is 0.122. The number of carboxylic acid groups (broad SMARTS) is 1. The van der Waals surface area contributed by atoms with Gasteiger partial charge in [-0.1, -0.05) is 0 Å². The highest BCUT2D eigenvalue weighted by molar-refractivity contribution is 5.92. The predicted octanol–water partition coefficient (Wildman–Crippen LogP) is 0.257. The fraction of sp³-hybridized carbons (Fsp3) is 0.500. The van der Waals surface area contributed by atoms with E-state index >= 15 is 0 Å². The number of nitrogens with one attached hydrogen (secondary N) is 1. The van der Waals surface area contributed by atoms with Gasteiger partial charge in [0.05, 0.1) is 0 Å². The molecule has 1 heterocycles. The number of nitrogens with two attached hydrogens (primary N) is 1. The third-order valence-corrected chi connectivity index (χ3v) is 3.99. The zero-order valence-electron chi connectivity index (χ0n) is 13.4. The Kier molecular flexibility index (Phi) is 6.39. The maximum atomic E-state index is 11.0. The van der Waals surface area contributed by atoms with E-state index in [1.165, 1.54) is 4.90 Å². The van der Waals surface area contributed by atoms with E-state index in [2.05, 4.69) is 5.32 Å². The van der Waals surface area contributed by atoms with Gasteiger partial charge in [0.15, 0.2) is 0 Å². The Bertz CT molecular complexity index is 555. The van der Waals surface area contributed by atoms with Gasteiger partial charge in [-0.05, 0) is 37.1 Å². The highest BCUT2D eigenvalue weighted by Crippen LogP contribution is 2.13. The molecule has 0 bridgehead atoms. The summed E-state index contributed by atoms with van der Waals surface area (Å²) in [5, 5.41) is 22.1. The van der Waals surface area contributed by atoms with Crippen molar-refractivity contribution in [2.45, 2.75) is 25.0 Å². The summed E-state index contributed by atoms with van der Waals surface area (Å²) in [6.07, 6.45) is -0.106. The molecule has 8 nitrogen and oxygen atoms in total. The molecule has 1 aromatic rings. The van der Waals surface area contributed by atoms with Gasteiger partial charge < -0.3 is 30.9 Å². The van der Waals surface area contributed by atoms with Gasteiger partial charge in [-0.15, -0.1) is 0 Å². The summed E-state index contributed by atoms with van der Waals surface area (Å²) in [4.78, 5) is 23.2. The van der Waals surface area contributed by atoms with E-state index < -0.39 is 18.1 Å². The molecule has 8 heteroatoms. The van der Waals surface area contributed by atoms with E-state index in [9.17, 15) is 14.7 Å². The maximum Gasteiger partial charge on any atom is 0.407 e. The van der Waals surface area contributed by atoms with Gasteiger partial charge in [0.25, 0.3) is 0 Å². The number of likely N-dealkylation sites (tertiary alicyclic amines) is 1. The molecular formula is C16H23N3O5. The van der Waals surface area contributed by atoms with Crippen molar-refractivity contribution in [3.05, 3.63) is 29.8 Å². The van der Waals surface area contributed by atoms with E-state index in [4.69, 9.17) is 15.6 Å². The Morgan fingerprint density at radius 3 is 2.46 bits per heavy atom. The van der Waals surface area contributed by atoms with Gasteiger partial charge in [0.2, 0.25) is 5.91 Å². The molecule has 0 radical (unpaired) electrons. The molecule has 5 N–H and O–H groups in total. The van der Waals surface area contributed by atoms with Crippen LogP contribution >= 0.6 is 0 Å². The molecule has 132 valence electrons. The zero-order chi connectivity index (χ0) is 17.5. The number of rotatable bonds is 7. The van der Waals surface area contributed by atoms with Gasteiger partial charge in [-0.2, -0.15) is 0 Å². The van der Waals surface area contributed by atoms with Crippen molar-refractivity contribution in [1.29, 1.82) is 0 Å². The van der Waals surface area contributed by atoms with Crippen molar-refractivity contribution in [1.82, 2.24) is 10.2 Å². The number of carbonyl (C=O) groups is 2. The molecule has 2 amide bonds. The van der Waals surface area contributed by atoms with Gasteiger partial charge in [0, 0.05) is 31.2 Å². The second-order valence-electron chi connectivity index (χ2n) is 5.81. The van der Waals surface area contributed by atoms with Gasteiger partial charge in [-0.3, -0.25) is 4.79 Å². The predicted molar refractivity (Wildman–Crippen MR) is 87.1 cm³/mol. The first-order valence-electron chi connectivity index (χ1n) is 7.87. The number of nitrogens with zero attached hydrogens (tertiary/aromatic N) is 1. The lowest BCUT2D eigenvalue weighted by Crippen LogP contribution is -2.46. The first-order chi connectivity index (χ1) is 11.5. The van der Waals surface area contributed by atoms with E-state index in [-0.39, 0.29) is 12.6 Å². The van der Waals surface area contributed by atoms with Crippen molar-refractivity contribution in [3.8, 4) is 5.75 Å². The van der Waals surface area contributed by atoms with Gasteiger partial charge in [0.1, 0.15) is 18.5 Å². The first kappa shape index (κ1) is 18.0. The third-order valence-electron chi connectivity index (χ3n) is 3.99. The van der Waals surface area contributed by atoms with Crippen molar-refractivity contribution in [2.75, 3.05) is 26.2 Å². The summed E-state index contributed by atoms with van der Waals surface area (Å²) in [5.74, 6) is 0.0496. The molecule has 1 saturated heterocycles. The number of aliphatic hydroxyl groups excluding tert-OH is 1. The molecule has 1 atom stereocenters. The molecule has 2 rings (SSSR count). The topological polar surface area (TPSA) is 125 Å². The van der Waals surface area contributed by atoms with E-state index in [0.717, 1.165) is 12.8 Å². The van der Waals surface area contributed by atoms with Crippen LogP contribution in [-0.2, 0) is 0 Å². The van der Waals surface area contributed by atoms with E-state index in [1.807, 2.05) is 0 Å². The number of piperidine rings is 1. The molecule has 0 saturated carbocycles. The normalized spacial score (nSPS) is 16.6. The Morgan fingerprint density at radius 1 is 1.29 bits per heavy atom. The minimum atomic E-state index is -0.885. The number of ether oxygens (including phenoxy) is 1. The lowest BCUT2D eigenvalue weighted by molar-refractivity contribution is 0.0962. The van der Waals surface area contributed by atoms with Crippen molar-refractivity contribution in [3.63, 3.8) is 0 Å². The zero-order valence-corrected chi connectivity index (χ0v) is 13.4. The van der Waals surface area contributed by atoms with Crippen LogP contribution in [0.15, 0.2) is 24.3 Å². The summed E-state index contributed by atoms with van der Waals surface area (Å²) in [6.45, 7) is 1.51. The second-order valence-corrected chi connectivity index (χ2v) is 5.81. The second kappa shape index (κ2) is 8.51. The summed E-state index contributed by atoms with van der Waals surface area (Å²) >= 11 is 0. The molecule has 1 fully saturated rings. The number of hydrogen-bond donors (Lipinski definition) is 4. The van der Waals surface area contributed by atoms with Gasteiger partial charge >= 0.3 is 6.09 Å². The van der Waals surface area contributed by atoms with Crippen LogP contribution in [0.4, 0.5) is 4.79 Å². The number of benzene rings is 1. The number of carbonyl (C=O) groups excluding carboxylic acids is 1. The maximum absolute atomic E-state index is 11.0. The average molecular weight is 337 g/mol. The number of hydrogen-bond acceptors (Lipinski definition) is 5. The van der Waals surface area contributed by atoms with Crippen LogP contribution in [0.2, 0.25) is 0 Å².